The number of hydrogen-bond acceptors (Lipinski definition) is 7. The number of amides is 3. The fourth-order valence-corrected chi connectivity index (χ4v) is 3.47. The highest BCUT2D eigenvalue weighted by atomic mass is 16.6. The molecule has 1 aliphatic heterocycles. The van der Waals surface area contributed by atoms with Crippen LogP contribution in [-0.2, 0) is 30.5 Å². The highest BCUT2D eigenvalue weighted by molar-refractivity contribution is 5.86. The van der Waals surface area contributed by atoms with Gasteiger partial charge in [-0.15, -0.1) is 0 Å². The van der Waals surface area contributed by atoms with E-state index < -0.39 is 36.1 Å². The normalized spacial score (nSPS) is 21.9. The topological polar surface area (TPSA) is 143 Å². The van der Waals surface area contributed by atoms with Crippen LogP contribution in [0.5, 0.6) is 0 Å². The van der Waals surface area contributed by atoms with Crippen molar-refractivity contribution in [2.45, 2.75) is 64.8 Å². The fourth-order valence-electron chi connectivity index (χ4n) is 3.47. The summed E-state index contributed by atoms with van der Waals surface area (Å²) in [6.45, 7) is 5.21. The van der Waals surface area contributed by atoms with E-state index in [9.17, 15) is 19.2 Å². The van der Waals surface area contributed by atoms with Crippen LogP contribution in [0.25, 0.3) is 0 Å². The maximum Gasteiger partial charge on any atom is 0.408 e. The Morgan fingerprint density at radius 2 is 1.83 bits per heavy atom. The Balaban J connectivity index is 2.08. The van der Waals surface area contributed by atoms with Gasteiger partial charge in [-0.05, 0) is 31.2 Å². The highest BCUT2D eigenvalue weighted by Crippen LogP contribution is 2.15. The number of aliphatic hydroxyl groups excluding tert-OH is 1. The molecule has 0 saturated carbocycles. The van der Waals surface area contributed by atoms with E-state index >= 15 is 0 Å². The van der Waals surface area contributed by atoms with Gasteiger partial charge in [0, 0.05) is 12.5 Å². The first-order chi connectivity index (χ1) is 17.2. The van der Waals surface area contributed by atoms with Crippen LogP contribution in [0, 0.1) is 11.8 Å². The van der Waals surface area contributed by atoms with E-state index in [4.69, 9.17) is 14.6 Å². The molecule has 1 heterocycles. The number of benzene rings is 1. The summed E-state index contributed by atoms with van der Waals surface area (Å²) in [5.74, 6) is -1.99. The summed E-state index contributed by atoms with van der Waals surface area (Å²) < 4.78 is 10.7. The lowest BCUT2D eigenvalue weighted by Crippen LogP contribution is -2.48. The number of carbonyl (C=O) groups is 4. The van der Waals surface area contributed by atoms with E-state index in [1.54, 1.807) is 19.1 Å². The Morgan fingerprint density at radius 3 is 2.50 bits per heavy atom. The van der Waals surface area contributed by atoms with Crippen LogP contribution >= 0.6 is 0 Å². The summed E-state index contributed by atoms with van der Waals surface area (Å²) in [4.78, 5) is 50.3. The molecule has 0 saturated heterocycles. The number of esters is 1. The zero-order chi connectivity index (χ0) is 26.5. The fraction of sp³-hybridized carbons (Fsp3) is 0.538. The Bertz CT molecular complexity index is 904. The number of aliphatic hydroxyl groups is 1. The Hall–Kier alpha value is -3.40. The van der Waals surface area contributed by atoms with E-state index in [0.717, 1.165) is 5.56 Å². The minimum atomic E-state index is -0.973. The first kappa shape index (κ1) is 28.8. The summed E-state index contributed by atoms with van der Waals surface area (Å²) in [5.41, 5.74) is 0.813. The molecule has 0 aliphatic carbocycles. The van der Waals surface area contributed by atoms with Gasteiger partial charge in [-0.25, -0.2) is 9.59 Å². The van der Waals surface area contributed by atoms with Gasteiger partial charge >= 0.3 is 12.1 Å². The van der Waals surface area contributed by atoms with Crippen LogP contribution < -0.4 is 16.0 Å². The lowest BCUT2D eigenvalue weighted by molar-refractivity contribution is -0.148. The summed E-state index contributed by atoms with van der Waals surface area (Å²) in [6.07, 6.45) is 2.96. The van der Waals surface area contributed by atoms with Crippen molar-refractivity contribution in [1.29, 1.82) is 0 Å². The first-order valence-corrected chi connectivity index (χ1v) is 12.2. The maximum atomic E-state index is 12.9. The Labute approximate surface area is 211 Å². The second kappa shape index (κ2) is 14.9. The molecule has 2 rings (SSSR count). The van der Waals surface area contributed by atoms with Crippen LogP contribution in [0.3, 0.4) is 0 Å². The second-order valence-corrected chi connectivity index (χ2v) is 9.24. The van der Waals surface area contributed by atoms with Crippen LogP contribution in [0.4, 0.5) is 4.79 Å². The lowest BCUT2D eigenvalue weighted by Gasteiger charge is -2.26. The van der Waals surface area contributed by atoms with Gasteiger partial charge in [-0.1, -0.05) is 56.3 Å². The zero-order valence-corrected chi connectivity index (χ0v) is 21.1. The Morgan fingerprint density at radius 1 is 1.14 bits per heavy atom. The molecule has 0 unspecified atom stereocenters. The maximum absolute atomic E-state index is 12.9. The lowest BCUT2D eigenvalue weighted by atomic mass is 9.96. The molecular weight excluding hydrogens is 466 g/mol. The van der Waals surface area contributed by atoms with Crippen LogP contribution in [0.15, 0.2) is 42.5 Å². The number of allylic oxidation sites excluding steroid dienone is 1. The average Bonchev–Trinajstić information content (AvgIpc) is 2.85. The number of alkyl carbamates (subject to hydrolysis) is 1. The zero-order valence-electron chi connectivity index (χ0n) is 21.1. The molecule has 10 heteroatoms. The predicted molar refractivity (Wildman–Crippen MR) is 132 cm³/mol. The minimum absolute atomic E-state index is 0.0497. The molecule has 0 radical (unpaired) electrons. The quantitative estimate of drug-likeness (QED) is 0.313. The van der Waals surface area contributed by atoms with Gasteiger partial charge in [-0.3, -0.25) is 9.59 Å². The molecule has 1 aromatic rings. The third-order valence-electron chi connectivity index (χ3n) is 5.77. The van der Waals surface area contributed by atoms with Gasteiger partial charge in [0.2, 0.25) is 11.8 Å². The first-order valence-electron chi connectivity index (χ1n) is 12.2. The molecule has 1 aliphatic rings. The van der Waals surface area contributed by atoms with E-state index in [2.05, 4.69) is 16.0 Å². The van der Waals surface area contributed by atoms with Gasteiger partial charge < -0.3 is 30.5 Å². The third-order valence-corrected chi connectivity index (χ3v) is 5.77. The van der Waals surface area contributed by atoms with Crippen LogP contribution in [0.2, 0.25) is 0 Å². The van der Waals surface area contributed by atoms with Gasteiger partial charge in [0.15, 0.2) is 0 Å². The molecule has 0 bridgehead atoms. The molecular formula is C26H37N3O7. The van der Waals surface area contributed by atoms with Gasteiger partial charge in [0.05, 0.1) is 18.6 Å². The van der Waals surface area contributed by atoms with Crippen molar-refractivity contribution in [3.63, 3.8) is 0 Å². The number of hydrogen-bond donors (Lipinski definition) is 4. The van der Waals surface area contributed by atoms with Crippen molar-refractivity contribution in [3.8, 4) is 0 Å². The predicted octanol–water partition coefficient (Wildman–Crippen LogP) is 1.82. The second-order valence-electron chi connectivity index (χ2n) is 9.24. The number of ether oxygens (including phenoxy) is 2. The average molecular weight is 504 g/mol. The van der Waals surface area contributed by atoms with E-state index in [1.807, 2.05) is 44.2 Å². The third kappa shape index (κ3) is 10.1. The molecule has 0 fully saturated rings. The van der Waals surface area contributed by atoms with Crippen molar-refractivity contribution >= 4 is 23.9 Å². The molecule has 3 amide bonds. The van der Waals surface area contributed by atoms with Crippen LogP contribution in [0.1, 0.15) is 45.6 Å². The smallest absolute Gasteiger partial charge is 0.408 e. The van der Waals surface area contributed by atoms with E-state index in [0.29, 0.717) is 0 Å². The number of nitrogens with one attached hydrogen (secondary N) is 3. The molecule has 198 valence electrons. The number of carbonyl (C=O) groups excluding carboxylic acids is 4. The van der Waals surface area contributed by atoms with E-state index in [1.165, 1.54) is 0 Å². The number of rotatable bonds is 8. The molecule has 0 aromatic heterocycles. The van der Waals surface area contributed by atoms with Crippen molar-refractivity contribution in [3.05, 3.63) is 48.0 Å². The minimum Gasteiger partial charge on any atom is -0.462 e. The molecule has 1 aromatic carbocycles. The van der Waals surface area contributed by atoms with Gasteiger partial charge in [0.1, 0.15) is 19.3 Å². The van der Waals surface area contributed by atoms with Crippen molar-refractivity contribution in [2.75, 3.05) is 13.2 Å². The largest absolute Gasteiger partial charge is 0.462 e. The summed E-state index contributed by atoms with van der Waals surface area (Å²) in [7, 11) is 0. The monoisotopic (exact) mass is 503 g/mol. The summed E-state index contributed by atoms with van der Waals surface area (Å²) in [5, 5.41) is 17.2. The van der Waals surface area contributed by atoms with Crippen LogP contribution in [-0.4, -0.2) is 60.3 Å². The molecule has 4 N–H and O–H groups in total. The number of cyclic esters (lactones) is 1. The Kier molecular flexibility index (Phi) is 11.9. The summed E-state index contributed by atoms with van der Waals surface area (Å²) in [6, 6.07) is 7.30. The van der Waals surface area contributed by atoms with Crippen molar-refractivity contribution in [2.24, 2.45) is 11.8 Å². The molecule has 36 heavy (non-hydrogen) atoms. The van der Waals surface area contributed by atoms with E-state index in [-0.39, 0.29) is 56.8 Å². The molecule has 4 atom stereocenters. The highest BCUT2D eigenvalue weighted by Gasteiger charge is 2.28. The molecule has 0 spiro atoms. The standard InChI is InChI=1S/C26H37N3O7/c1-17(2)22-16-35-25(33)21(29-26(34)36-15-19-9-5-4-6-10-19)12-8-7-11-20(24(32)28-22)13-23(31)27-18(3)14-30/h4-10,17-18,20-22,30H,11-16H2,1-3H3,(H,27,31)(H,28,32)(H,29,34)/t18-,20+,21+,22+/m0/s1. The van der Waals surface area contributed by atoms with Crippen molar-refractivity contribution in [1.82, 2.24) is 16.0 Å². The SMILES string of the molecule is CC(C)[C@H]1COC(=O)[C@H](NC(=O)OCc2ccccc2)CC=CC[C@H](CC(=O)N[C@@H](C)CO)C(=O)N1. The van der Waals surface area contributed by atoms with Crippen molar-refractivity contribution < 1.29 is 33.8 Å². The summed E-state index contributed by atoms with van der Waals surface area (Å²) >= 11 is 0. The molecule has 10 nitrogen and oxygen atoms in total. The van der Waals surface area contributed by atoms with Gasteiger partial charge in [-0.2, -0.15) is 0 Å². The van der Waals surface area contributed by atoms with Gasteiger partial charge in [0.25, 0.3) is 0 Å².